The summed E-state index contributed by atoms with van der Waals surface area (Å²) in [7, 11) is -3.86. The minimum absolute atomic E-state index is 0.0415. The van der Waals surface area contributed by atoms with Crippen LogP contribution in [-0.2, 0) is 14.8 Å². The van der Waals surface area contributed by atoms with E-state index in [1.807, 2.05) is 6.07 Å². The number of fused-ring (bicyclic) bond motifs is 2. The highest BCUT2D eigenvalue weighted by Crippen LogP contribution is 2.45. The van der Waals surface area contributed by atoms with Gasteiger partial charge in [0.05, 0.1) is 18.9 Å². The average molecular weight is 375 g/mol. The third-order valence-electron chi connectivity index (χ3n) is 4.31. The first-order chi connectivity index (χ1) is 12.5. The van der Waals surface area contributed by atoms with Gasteiger partial charge >= 0.3 is 0 Å². The minimum Gasteiger partial charge on any atom is -0.453 e. The van der Waals surface area contributed by atoms with Gasteiger partial charge in [-0.15, -0.1) is 0 Å². The predicted molar refractivity (Wildman–Crippen MR) is 94.3 cm³/mol. The van der Waals surface area contributed by atoms with Crippen LogP contribution in [0.1, 0.15) is 10.4 Å². The van der Waals surface area contributed by atoms with Crippen LogP contribution in [0.5, 0.6) is 11.5 Å². The number of benzene rings is 2. The van der Waals surface area contributed by atoms with Crippen LogP contribution in [0.2, 0.25) is 0 Å². The van der Waals surface area contributed by atoms with Crippen LogP contribution < -0.4 is 15.8 Å². The smallest absolute Gasteiger partial charge is 0.248 e. The summed E-state index contributed by atoms with van der Waals surface area (Å²) in [5.41, 5.74) is 6.39. The maximum atomic E-state index is 13.2. The summed E-state index contributed by atoms with van der Waals surface area (Å²) in [5.74, 6) is 0.0526. The molecule has 3 N–H and O–H groups in total. The van der Waals surface area contributed by atoms with E-state index >= 15 is 0 Å². The summed E-state index contributed by atoms with van der Waals surface area (Å²) in [6.07, 6.45) is 0. The van der Waals surface area contributed by atoms with Gasteiger partial charge < -0.3 is 20.5 Å². The van der Waals surface area contributed by atoms with Crippen molar-refractivity contribution in [1.29, 1.82) is 0 Å². The largest absolute Gasteiger partial charge is 0.453 e. The molecule has 0 unspecified atom stereocenters. The van der Waals surface area contributed by atoms with Crippen molar-refractivity contribution in [3.63, 3.8) is 0 Å². The number of hydrogen-bond acceptors (Lipinski definition) is 6. The molecule has 0 radical (unpaired) electrons. The molecule has 9 heteroatoms. The summed E-state index contributed by atoms with van der Waals surface area (Å²) >= 11 is 0. The first-order valence-corrected chi connectivity index (χ1v) is 9.50. The SMILES string of the molecule is NC(=O)c1cc2c(c(S(=O)(=O)N3CCOCC3)c1)Nc1ccccc1O2. The lowest BCUT2D eigenvalue weighted by molar-refractivity contribution is 0.0730. The van der Waals surface area contributed by atoms with E-state index in [4.69, 9.17) is 15.2 Å². The normalized spacial score (nSPS) is 16.8. The molecule has 1 amide bonds. The molecule has 136 valence electrons. The Bertz CT molecular complexity index is 984. The topological polar surface area (TPSA) is 111 Å². The van der Waals surface area contributed by atoms with E-state index in [9.17, 15) is 13.2 Å². The lowest BCUT2D eigenvalue weighted by Crippen LogP contribution is -2.41. The Labute approximate surface area is 150 Å². The van der Waals surface area contributed by atoms with E-state index < -0.39 is 15.9 Å². The summed E-state index contributed by atoms with van der Waals surface area (Å²) in [4.78, 5) is 11.7. The molecule has 0 spiro atoms. The monoisotopic (exact) mass is 375 g/mol. The van der Waals surface area contributed by atoms with Crippen LogP contribution >= 0.6 is 0 Å². The van der Waals surface area contributed by atoms with Crippen molar-refractivity contribution >= 4 is 27.3 Å². The summed E-state index contributed by atoms with van der Waals surface area (Å²) in [5, 5.41) is 3.11. The van der Waals surface area contributed by atoms with Crippen molar-refractivity contribution in [3.05, 3.63) is 42.0 Å². The number of para-hydroxylation sites is 2. The molecule has 2 aliphatic heterocycles. The van der Waals surface area contributed by atoms with Gasteiger partial charge in [-0.1, -0.05) is 12.1 Å². The number of hydrogen-bond donors (Lipinski definition) is 2. The summed E-state index contributed by atoms with van der Waals surface area (Å²) < 4.78 is 38.7. The van der Waals surface area contributed by atoms with Crippen molar-refractivity contribution in [2.45, 2.75) is 4.90 Å². The molecule has 2 heterocycles. The molecular weight excluding hydrogens is 358 g/mol. The first kappa shape index (κ1) is 16.8. The molecule has 0 saturated carbocycles. The van der Waals surface area contributed by atoms with Gasteiger partial charge in [0.25, 0.3) is 0 Å². The second kappa shape index (κ2) is 6.27. The van der Waals surface area contributed by atoms with Gasteiger partial charge in [0.15, 0.2) is 11.5 Å². The number of carbonyl (C=O) groups is 1. The number of primary amides is 1. The number of anilines is 2. The molecule has 0 atom stereocenters. The molecule has 4 rings (SSSR count). The average Bonchev–Trinajstić information content (AvgIpc) is 2.66. The van der Waals surface area contributed by atoms with Crippen LogP contribution in [0.25, 0.3) is 0 Å². The second-order valence-corrected chi connectivity index (χ2v) is 7.86. The number of nitrogens with one attached hydrogen (secondary N) is 1. The Morgan fingerprint density at radius 2 is 1.85 bits per heavy atom. The minimum atomic E-state index is -3.86. The lowest BCUT2D eigenvalue weighted by Gasteiger charge is -2.29. The molecule has 2 aromatic rings. The van der Waals surface area contributed by atoms with Gasteiger partial charge in [0.2, 0.25) is 15.9 Å². The van der Waals surface area contributed by atoms with Gasteiger partial charge in [0, 0.05) is 18.7 Å². The van der Waals surface area contributed by atoms with Crippen LogP contribution in [0.15, 0.2) is 41.3 Å². The molecular formula is C17H17N3O5S. The van der Waals surface area contributed by atoms with Crippen LogP contribution in [0.3, 0.4) is 0 Å². The Kier molecular flexibility index (Phi) is 4.06. The summed E-state index contributed by atoms with van der Waals surface area (Å²) in [6.45, 7) is 1.14. The number of rotatable bonds is 3. The zero-order valence-electron chi connectivity index (χ0n) is 13.8. The fourth-order valence-electron chi connectivity index (χ4n) is 2.98. The van der Waals surface area contributed by atoms with Crippen LogP contribution in [0, 0.1) is 0 Å². The number of sulfonamides is 1. The van der Waals surface area contributed by atoms with Crippen molar-refractivity contribution in [3.8, 4) is 11.5 Å². The maximum Gasteiger partial charge on any atom is 0.248 e. The first-order valence-electron chi connectivity index (χ1n) is 8.06. The lowest BCUT2D eigenvalue weighted by atomic mass is 10.1. The van der Waals surface area contributed by atoms with E-state index in [1.165, 1.54) is 16.4 Å². The molecule has 26 heavy (non-hydrogen) atoms. The third kappa shape index (κ3) is 2.79. The predicted octanol–water partition coefficient (Wildman–Crippen LogP) is 1.66. The molecule has 1 fully saturated rings. The Morgan fingerprint density at radius 3 is 2.58 bits per heavy atom. The number of morpholine rings is 1. The fraction of sp³-hybridized carbons (Fsp3) is 0.235. The number of nitrogens with zero attached hydrogens (tertiary/aromatic N) is 1. The van der Waals surface area contributed by atoms with E-state index in [-0.39, 0.29) is 29.3 Å². The van der Waals surface area contributed by atoms with E-state index in [0.29, 0.717) is 30.3 Å². The molecule has 2 aliphatic rings. The van der Waals surface area contributed by atoms with Gasteiger partial charge in [-0.3, -0.25) is 4.79 Å². The van der Waals surface area contributed by atoms with E-state index in [0.717, 1.165) is 0 Å². The summed E-state index contributed by atoms with van der Waals surface area (Å²) in [6, 6.07) is 9.88. The van der Waals surface area contributed by atoms with Crippen LogP contribution in [0.4, 0.5) is 11.4 Å². The number of carbonyl (C=O) groups excluding carboxylic acids is 1. The Hall–Kier alpha value is -2.62. The highest BCUT2D eigenvalue weighted by Gasteiger charge is 2.33. The van der Waals surface area contributed by atoms with Crippen molar-refractivity contribution < 1.29 is 22.7 Å². The Morgan fingerprint density at radius 1 is 1.12 bits per heavy atom. The molecule has 0 aromatic heterocycles. The molecule has 8 nitrogen and oxygen atoms in total. The Balaban J connectivity index is 1.87. The van der Waals surface area contributed by atoms with E-state index in [1.54, 1.807) is 18.2 Å². The van der Waals surface area contributed by atoms with Crippen LogP contribution in [-0.4, -0.2) is 44.9 Å². The third-order valence-corrected chi connectivity index (χ3v) is 6.23. The highest BCUT2D eigenvalue weighted by molar-refractivity contribution is 7.89. The fourth-order valence-corrected chi connectivity index (χ4v) is 4.57. The van der Waals surface area contributed by atoms with Crippen molar-refractivity contribution in [2.24, 2.45) is 5.73 Å². The van der Waals surface area contributed by atoms with Gasteiger partial charge in [0.1, 0.15) is 10.6 Å². The molecule has 0 bridgehead atoms. The van der Waals surface area contributed by atoms with Gasteiger partial charge in [-0.2, -0.15) is 4.31 Å². The van der Waals surface area contributed by atoms with E-state index in [2.05, 4.69) is 5.32 Å². The van der Waals surface area contributed by atoms with Gasteiger partial charge in [-0.05, 0) is 24.3 Å². The van der Waals surface area contributed by atoms with Crippen molar-refractivity contribution in [1.82, 2.24) is 4.31 Å². The maximum absolute atomic E-state index is 13.2. The molecule has 1 saturated heterocycles. The molecule has 2 aromatic carbocycles. The zero-order valence-corrected chi connectivity index (χ0v) is 14.6. The number of nitrogens with two attached hydrogens (primary N) is 1. The zero-order chi connectivity index (χ0) is 18.3. The van der Waals surface area contributed by atoms with Gasteiger partial charge in [-0.25, -0.2) is 8.42 Å². The standard InChI is InChI=1S/C17H17N3O5S/c18-17(21)11-9-14-16(19-12-3-1-2-4-13(12)25-14)15(10-11)26(22,23)20-5-7-24-8-6-20/h1-4,9-10,19H,5-8H2,(H2,18,21). The number of amides is 1. The highest BCUT2D eigenvalue weighted by atomic mass is 32.2. The molecule has 0 aliphatic carbocycles. The second-order valence-electron chi connectivity index (χ2n) is 5.95. The number of ether oxygens (including phenoxy) is 2. The van der Waals surface area contributed by atoms with Crippen molar-refractivity contribution in [2.75, 3.05) is 31.6 Å². The quantitative estimate of drug-likeness (QED) is 0.720.